The quantitative estimate of drug-likeness (QED) is 0.360. The summed E-state index contributed by atoms with van der Waals surface area (Å²) >= 11 is 0.824. The highest BCUT2D eigenvalue weighted by Gasteiger charge is 2.42. The summed E-state index contributed by atoms with van der Waals surface area (Å²) in [7, 11) is -1.81. The predicted octanol–water partition coefficient (Wildman–Crippen LogP) is 3.80. The smallest absolute Gasteiger partial charge is 0.450 e. The molecular formula is C25H27F3N4O7S2. The van der Waals surface area contributed by atoms with Gasteiger partial charge >= 0.3 is 12.3 Å². The van der Waals surface area contributed by atoms with E-state index in [0.717, 1.165) is 54.7 Å². The first-order valence-corrected chi connectivity index (χ1v) is 14.7. The molecule has 222 valence electrons. The van der Waals surface area contributed by atoms with Crippen LogP contribution in [0.3, 0.4) is 0 Å². The fourth-order valence-electron chi connectivity index (χ4n) is 4.30. The lowest BCUT2D eigenvalue weighted by molar-refractivity contribution is -0.155. The summed E-state index contributed by atoms with van der Waals surface area (Å²) in [5, 5.41) is 17.3. The first kappa shape index (κ1) is 30.5. The van der Waals surface area contributed by atoms with E-state index in [1.165, 1.54) is 12.1 Å². The molecule has 1 saturated carbocycles. The minimum atomic E-state index is -4.67. The first-order valence-electron chi connectivity index (χ1n) is 12.4. The maximum atomic E-state index is 12.8. The summed E-state index contributed by atoms with van der Waals surface area (Å²) in [5.74, 6) is -1.12. The number of hydrogen-bond donors (Lipinski definition) is 3. The van der Waals surface area contributed by atoms with Crippen LogP contribution in [-0.4, -0.2) is 84.9 Å². The third kappa shape index (κ3) is 8.06. The van der Waals surface area contributed by atoms with Crippen LogP contribution in [-0.2, 0) is 27.4 Å². The van der Waals surface area contributed by atoms with Gasteiger partial charge in [-0.2, -0.15) is 13.2 Å². The van der Waals surface area contributed by atoms with Crippen molar-refractivity contribution in [2.24, 2.45) is 0 Å². The second-order valence-electron chi connectivity index (χ2n) is 9.65. The second-order valence-corrected chi connectivity index (χ2v) is 12.7. The Morgan fingerprint density at radius 3 is 2.32 bits per heavy atom. The molecule has 16 heteroatoms. The Balaban J connectivity index is 0.000000909. The Morgan fingerprint density at radius 1 is 1.10 bits per heavy atom. The van der Waals surface area contributed by atoms with Crippen molar-refractivity contribution < 1.29 is 45.9 Å². The van der Waals surface area contributed by atoms with Crippen molar-refractivity contribution >= 4 is 33.4 Å². The number of thiophene rings is 1. The van der Waals surface area contributed by atoms with E-state index in [1.54, 1.807) is 0 Å². The van der Waals surface area contributed by atoms with Gasteiger partial charge in [-0.15, -0.1) is 11.3 Å². The molecule has 1 aromatic carbocycles. The van der Waals surface area contributed by atoms with Crippen LogP contribution in [0.2, 0.25) is 0 Å². The number of carbonyl (C=O) groups is 2. The third-order valence-electron chi connectivity index (χ3n) is 6.60. The van der Waals surface area contributed by atoms with Crippen LogP contribution in [0.5, 0.6) is 0 Å². The van der Waals surface area contributed by atoms with Crippen molar-refractivity contribution in [3.8, 4) is 10.6 Å². The number of piperazine rings is 1. The van der Waals surface area contributed by atoms with Gasteiger partial charge in [0.25, 0.3) is 0 Å². The maximum absolute atomic E-state index is 12.8. The summed E-state index contributed by atoms with van der Waals surface area (Å²) in [5.41, 5.74) is 1.82. The average molecular weight is 617 g/mol. The summed E-state index contributed by atoms with van der Waals surface area (Å²) < 4.78 is 70.9. The van der Waals surface area contributed by atoms with Crippen LogP contribution in [0.4, 0.5) is 18.0 Å². The van der Waals surface area contributed by atoms with E-state index < -0.39 is 28.1 Å². The van der Waals surface area contributed by atoms with E-state index in [0.29, 0.717) is 12.8 Å². The summed E-state index contributed by atoms with van der Waals surface area (Å²) in [6.45, 7) is 3.21. The minimum absolute atomic E-state index is 0.0116. The largest absolute Gasteiger partial charge is 0.503 e. The molecule has 1 aliphatic carbocycles. The molecule has 2 fully saturated rings. The van der Waals surface area contributed by atoms with Gasteiger partial charge in [0.05, 0.1) is 11.3 Å². The van der Waals surface area contributed by atoms with E-state index in [4.69, 9.17) is 15.0 Å². The third-order valence-corrected chi connectivity index (χ3v) is 9.69. The number of nitrogens with one attached hydrogen (secondary N) is 1. The number of alkyl halides is 3. The summed E-state index contributed by atoms with van der Waals surface area (Å²) in [6, 6.07) is 10.9. The van der Waals surface area contributed by atoms with Gasteiger partial charge in [-0.05, 0) is 36.7 Å². The van der Waals surface area contributed by atoms with Gasteiger partial charge < -0.3 is 24.5 Å². The first-order chi connectivity index (χ1) is 19.2. The Bertz CT molecular complexity index is 1480. The van der Waals surface area contributed by atoms with Crippen molar-refractivity contribution in [3.05, 3.63) is 59.4 Å². The Labute approximate surface area is 237 Å². The molecule has 1 amide bonds. The summed E-state index contributed by atoms with van der Waals surface area (Å²) in [4.78, 5) is 25.4. The van der Waals surface area contributed by atoms with Crippen LogP contribution < -0.4 is 4.72 Å². The zero-order valence-corrected chi connectivity index (χ0v) is 23.3. The highest BCUT2D eigenvalue weighted by Crippen LogP contribution is 2.42. The molecule has 1 saturated heterocycles. The molecule has 11 nitrogen and oxygen atoms in total. The number of rotatable bonds is 7. The molecule has 0 spiro atoms. The van der Waals surface area contributed by atoms with E-state index >= 15 is 0 Å². The lowest BCUT2D eigenvalue weighted by atomic mass is 10.1. The van der Waals surface area contributed by atoms with Gasteiger partial charge in [-0.3, -0.25) is 4.79 Å². The van der Waals surface area contributed by atoms with E-state index in [9.17, 15) is 26.4 Å². The molecule has 0 unspecified atom stereocenters. The number of halogens is 3. The normalized spacial score (nSPS) is 19.4. The fourth-order valence-corrected chi connectivity index (χ4v) is 6.87. The minimum Gasteiger partial charge on any atom is -0.450 e. The lowest BCUT2D eigenvalue weighted by Gasteiger charge is -2.32. The summed E-state index contributed by atoms with van der Waals surface area (Å²) in [6.07, 6.45) is -5.53. The Hall–Kier alpha value is -3.47. The standard InChI is InChI=1S/C24H25F3N4O4S2.CH2O3/c1-30-8-10-31(11-9-30)22(32)12-15-2-4-16(5-3-15)17-13-18(17)29-37(33,34)23-7-6-20(36-23)19-14-21(35-28-19)24(25,26)27;2-1(3)4/h2-7,14,17-18,29H,8-13H2,1H3;(H2,2,3,4)/t17-,18+;/m0./s1. The van der Waals surface area contributed by atoms with Crippen molar-refractivity contribution in [3.63, 3.8) is 0 Å². The maximum Gasteiger partial charge on any atom is 0.503 e. The highest BCUT2D eigenvalue weighted by molar-refractivity contribution is 7.91. The van der Waals surface area contributed by atoms with Gasteiger partial charge in [0.1, 0.15) is 9.90 Å². The Kier molecular flexibility index (Phi) is 9.06. The van der Waals surface area contributed by atoms with E-state index in [-0.39, 0.29) is 32.6 Å². The lowest BCUT2D eigenvalue weighted by Crippen LogP contribution is -2.47. The molecule has 0 radical (unpaired) electrons. The molecule has 3 heterocycles. The number of hydrogen-bond acceptors (Lipinski definition) is 8. The van der Waals surface area contributed by atoms with Gasteiger partial charge in [-0.1, -0.05) is 29.4 Å². The van der Waals surface area contributed by atoms with Crippen molar-refractivity contribution in [2.45, 2.75) is 35.2 Å². The highest BCUT2D eigenvalue weighted by atomic mass is 32.2. The van der Waals surface area contributed by atoms with Crippen molar-refractivity contribution in [1.29, 1.82) is 0 Å². The monoisotopic (exact) mass is 616 g/mol. The van der Waals surface area contributed by atoms with Gasteiger partial charge in [0, 0.05) is 44.2 Å². The number of carbonyl (C=O) groups excluding carboxylic acids is 1. The van der Waals surface area contributed by atoms with Crippen molar-refractivity contribution in [2.75, 3.05) is 33.2 Å². The number of benzene rings is 1. The number of sulfonamides is 1. The van der Waals surface area contributed by atoms with Crippen LogP contribution in [0.15, 0.2) is 51.2 Å². The molecule has 5 rings (SSSR count). The Morgan fingerprint density at radius 2 is 1.73 bits per heavy atom. The molecule has 41 heavy (non-hydrogen) atoms. The van der Waals surface area contributed by atoms with Crippen LogP contribution in [0.1, 0.15) is 29.2 Å². The number of likely N-dealkylation sites (N-methyl/N-ethyl adjacent to an activating group) is 1. The molecule has 3 N–H and O–H groups in total. The van der Waals surface area contributed by atoms with E-state index in [1.807, 2.05) is 36.2 Å². The molecular weight excluding hydrogens is 589 g/mol. The topological polar surface area (TPSA) is 153 Å². The van der Waals surface area contributed by atoms with Gasteiger partial charge in [-0.25, -0.2) is 17.9 Å². The van der Waals surface area contributed by atoms with Gasteiger partial charge in [0.15, 0.2) is 0 Å². The molecule has 0 bridgehead atoms. The average Bonchev–Trinajstić information content (AvgIpc) is 3.27. The molecule has 3 aromatic rings. The molecule has 2 atom stereocenters. The number of aromatic nitrogens is 1. The number of nitrogens with zero attached hydrogens (tertiary/aromatic N) is 3. The van der Waals surface area contributed by atoms with E-state index in [2.05, 4.69) is 19.3 Å². The number of carboxylic acid groups (broad SMARTS) is 2. The van der Waals surface area contributed by atoms with Gasteiger partial charge in [0.2, 0.25) is 21.7 Å². The zero-order chi connectivity index (χ0) is 29.9. The molecule has 2 aliphatic rings. The predicted molar refractivity (Wildman–Crippen MR) is 141 cm³/mol. The number of amides is 1. The van der Waals surface area contributed by atoms with Crippen LogP contribution in [0.25, 0.3) is 10.6 Å². The van der Waals surface area contributed by atoms with Crippen LogP contribution >= 0.6 is 11.3 Å². The molecule has 1 aliphatic heterocycles. The SMILES string of the molecule is CN1CCN(C(=O)Cc2ccc([C@@H]3C[C@H]3NS(=O)(=O)c3ccc(-c4cc(C(F)(F)F)on4)s3)cc2)CC1.O=C(O)O. The fraction of sp³-hybridized carbons (Fsp3) is 0.400. The van der Waals surface area contributed by atoms with Crippen LogP contribution in [0, 0.1) is 0 Å². The molecule has 2 aromatic heterocycles. The van der Waals surface area contributed by atoms with Crippen molar-refractivity contribution in [1.82, 2.24) is 19.7 Å². The zero-order valence-electron chi connectivity index (χ0n) is 21.7. The second kappa shape index (κ2) is 12.2.